The number of Topliss-reactive ketones (excluding diaryl/α,β-unsaturated/α-hetero) is 1. The quantitative estimate of drug-likeness (QED) is 0.434. The fourth-order valence-corrected chi connectivity index (χ4v) is 3.52. The van der Waals surface area contributed by atoms with Crippen LogP contribution in [0.15, 0.2) is 52.5 Å². The number of hydrogen-bond acceptors (Lipinski definition) is 7. The molecular weight excluding hydrogens is 394 g/mol. The summed E-state index contributed by atoms with van der Waals surface area (Å²) < 4.78 is 15.9. The first-order valence-electron chi connectivity index (χ1n) is 8.85. The van der Waals surface area contributed by atoms with Crippen molar-refractivity contribution in [3.05, 3.63) is 59.2 Å². The number of benzene rings is 1. The van der Waals surface area contributed by atoms with Crippen molar-refractivity contribution in [3.8, 4) is 17.1 Å². The lowest BCUT2D eigenvalue weighted by atomic mass is 10.1. The summed E-state index contributed by atoms with van der Waals surface area (Å²) in [4.78, 5) is 36.1. The van der Waals surface area contributed by atoms with Gasteiger partial charge in [-0.15, -0.1) is 11.3 Å². The molecule has 0 saturated carbocycles. The lowest BCUT2D eigenvalue weighted by Crippen LogP contribution is -2.21. The number of ketones is 1. The van der Waals surface area contributed by atoms with Gasteiger partial charge in [-0.25, -0.2) is 4.79 Å². The molecule has 2 aromatic heterocycles. The van der Waals surface area contributed by atoms with E-state index in [2.05, 4.69) is 5.32 Å². The van der Waals surface area contributed by atoms with Crippen molar-refractivity contribution in [2.75, 3.05) is 18.5 Å². The zero-order valence-corrected chi connectivity index (χ0v) is 16.7. The highest BCUT2D eigenvalue weighted by molar-refractivity contribution is 7.15. The molecule has 1 aromatic carbocycles. The summed E-state index contributed by atoms with van der Waals surface area (Å²) in [6.45, 7) is 3.14. The minimum Gasteiger partial charge on any atom is -0.484 e. The van der Waals surface area contributed by atoms with Gasteiger partial charge in [-0.3, -0.25) is 9.59 Å². The topological polar surface area (TPSA) is 94.8 Å². The number of esters is 1. The van der Waals surface area contributed by atoms with Gasteiger partial charge in [0.05, 0.1) is 12.9 Å². The normalized spacial score (nSPS) is 10.4. The molecule has 7 nitrogen and oxygen atoms in total. The van der Waals surface area contributed by atoms with Crippen molar-refractivity contribution in [3.63, 3.8) is 0 Å². The van der Waals surface area contributed by atoms with Gasteiger partial charge >= 0.3 is 5.97 Å². The Morgan fingerprint density at radius 1 is 1.14 bits per heavy atom. The number of rotatable bonds is 8. The third-order valence-electron chi connectivity index (χ3n) is 3.94. The molecule has 0 unspecified atom stereocenters. The van der Waals surface area contributed by atoms with Gasteiger partial charge in [-0.05, 0) is 50.2 Å². The van der Waals surface area contributed by atoms with Crippen LogP contribution in [0.25, 0.3) is 11.3 Å². The van der Waals surface area contributed by atoms with Crippen molar-refractivity contribution in [2.45, 2.75) is 13.8 Å². The summed E-state index contributed by atoms with van der Waals surface area (Å²) in [5.41, 5.74) is 1.35. The van der Waals surface area contributed by atoms with Crippen molar-refractivity contribution in [1.29, 1.82) is 0 Å². The second kappa shape index (κ2) is 9.20. The van der Waals surface area contributed by atoms with E-state index in [9.17, 15) is 14.4 Å². The van der Waals surface area contributed by atoms with Crippen molar-refractivity contribution >= 4 is 34.0 Å². The van der Waals surface area contributed by atoms with E-state index in [4.69, 9.17) is 13.9 Å². The number of carbonyl (C=O) groups is 3. The van der Waals surface area contributed by atoms with Gasteiger partial charge in [-0.2, -0.15) is 0 Å². The third kappa shape index (κ3) is 4.91. The van der Waals surface area contributed by atoms with Gasteiger partial charge in [0.1, 0.15) is 22.1 Å². The first kappa shape index (κ1) is 20.3. The van der Waals surface area contributed by atoms with Gasteiger partial charge in [0.2, 0.25) is 0 Å². The Balaban J connectivity index is 1.71. The number of carbonyl (C=O) groups excluding carboxylic acids is 3. The largest absolute Gasteiger partial charge is 0.484 e. The van der Waals surface area contributed by atoms with Crippen molar-refractivity contribution < 1.29 is 28.3 Å². The van der Waals surface area contributed by atoms with Crippen LogP contribution in [-0.2, 0) is 9.53 Å². The van der Waals surface area contributed by atoms with Gasteiger partial charge < -0.3 is 19.2 Å². The SMILES string of the molecule is CCOC(=O)c1c(-c2ccco2)csc1NC(=O)COc1ccc(C(C)=O)cc1. The number of thiophene rings is 1. The Bertz CT molecular complexity index is 1000. The molecule has 29 heavy (non-hydrogen) atoms. The van der Waals surface area contributed by atoms with Crippen LogP contribution in [0.4, 0.5) is 5.00 Å². The Labute approximate surface area is 171 Å². The third-order valence-corrected chi connectivity index (χ3v) is 4.84. The second-order valence-electron chi connectivity index (χ2n) is 5.97. The number of furan rings is 1. The van der Waals surface area contributed by atoms with E-state index in [1.165, 1.54) is 24.5 Å². The maximum atomic E-state index is 12.4. The molecule has 0 aliphatic rings. The second-order valence-corrected chi connectivity index (χ2v) is 6.85. The van der Waals surface area contributed by atoms with Crippen LogP contribution in [0, 0.1) is 0 Å². The molecule has 3 aromatic rings. The van der Waals surface area contributed by atoms with Gasteiger partial charge in [0.15, 0.2) is 12.4 Å². The maximum Gasteiger partial charge on any atom is 0.341 e. The fraction of sp³-hybridized carbons (Fsp3) is 0.190. The predicted molar refractivity (Wildman–Crippen MR) is 109 cm³/mol. The highest BCUT2D eigenvalue weighted by atomic mass is 32.1. The van der Waals surface area contributed by atoms with Crippen LogP contribution < -0.4 is 10.1 Å². The highest BCUT2D eigenvalue weighted by Gasteiger charge is 2.24. The van der Waals surface area contributed by atoms with E-state index in [1.54, 1.807) is 48.7 Å². The molecule has 0 radical (unpaired) electrons. The molecule has 2 heterocycles. The van der Waals surface area contributed by atoms with E-state index in [0.717, 1.165) is 0 Å². The molecule has 150 valence electrons. The van der Waals surface area contributed by atoms with Gasteiger partial charge in [0.25, 0.3) is 5.91 Å². The van der Waals surface area contributed by atoms with E-state index >= 15 is 0 Å². The fourth-order valence-electron chi connectivity index (χ4n) is 2.57. The smallest absolute Gasteiger partial charge is 0.341 e. The summed E-state index contributed by atoms with van der Waals surface area (Å²) in [7, 11) is 0. The maximum absolute atomic E-state index is 12.4. The summed E-state index contributed by atoms with van der Waals surface area (Å²) in [6.07, 6.45) is 1.51. The first-order chi connectivity index (χ1) is 14.0. The molecule has 0 atom stereocenters. The van der Waals surface area contributed by atoms with E-state index < -0.39 is 11.9 Å². The average molecular weight is 413 g/mol. The number of nitrogens with one attached hydrogen (secondary N) is 1. The average Bonchev–Trinajstić information content (AvgIpc) is 3.36. The number of amides is 1. The molecule has 0 fully saturated rings. The van der Waals surface area contributed by atoms with Crippen molar-refractivity contribution in [2.24, 2.45) is 0 Å². The molecule has 0 aliphatic carbocycles. The molecule has 0 spiro atoms. The van der Waals surface area contributed by atoms with Crippen LogP contribution >= 0.6 is 11.3 Å². The van der Waals surface area contributed by atoms with E-state index in [1.807, 2.05) is 0 Å². The minimum absolute atomic E-state index is 0.0501. The molecule has 1 N–H and O–H groups in total. The van der Waals surface area contributed by atoms with Gasteiger partial charge in [0, 0.05) is 16.5 Å². The summed E-state index contributed by atoms with van der Waals surface area (Å²) in [6, 6.07) is 9.94. The monoisotopic (exact) mass is 413 g/mol. The Morgan fingerprint density at radius 3 is 2.52 bits per heavy atom. The highest BCUT2D eigenvalue weighted by Crippen LogP contribution is 2.36. The van der Waals surface area contributed by atoms with E-state index in [0.29, 0.717) is 27.6 Å². The summed E-state index contributed by atoms with van der Waals surface area (Å²) in [5.74, 6) is -0.0640. The van der Waals surface area contributed by atoms with Crippen LogP contribution in [0.5, 0.6) is 5.75 Å². The Kier molecular flexibility index (Phi) is 6.46. The number of anilines is 1. The Hall–Kier alpha value is -3.39. The zero-order chi connectivity index (χ0) is 20.8. The predicted octanol–water partition coefficient (Wildman–Crippen LogP) is 4.40. The summed E-state index contributed by atoms with van der Waals surface area (Å²) in [5, 5.41) is 4.77. The molecule has 8 heteroatoms. The lowest BCUT2D eigenvalue weighted by Gasteiger charge is -2.09. The standard InChI is InChI=1S/C21H19NO6S/c1-3-26-21(25)19-16(17-5-4-10-27-17)12-29-20(19)22-18(24)11-28-15-8-6-14(7-9-15)13(2)23/h4-10,12H,3,11H2,1-2H3,(H,22,24). The Morgan fingerprint density at radius 2 is 1.90 bits per heavy atom. The van der Waals surface area contributed by atoms with Crippen LogP contribution in [0.3, 0.4) is 0 Å². The van der Waals surface area contributed by atoms with Crippen LogP contribution in [0.1, 0.15) is 34.6 Å². The van der Waals surface area contributed by atoms with Crippen LogP contribution in [-0.4, -0.2) is 30.9 Å². The zero-order valence-electron chi connectivity index (χ0n) is 15.9. The minimum atomic E-state index is -0.545. The molecule has 0 bridgehead atoms. The molecule has 1 amide bonds. The van der Waals surface area contributed by atoms with Gasteiger partial charge in [-0.1, -0.05) is 0 Å². The molecule has 0 aliphatic heterocycles. The molecule has 0 saturated heterocycles. The van der Waals surface area contributed by atoms with Crippen LogP contribution in [0.2, 0.25) is 0 Å². The van der Waals surface area contributed by atoms with Crippen molar-refractivity contribution in [1.82, 2.24) is 0 Å². The number of ether oxygens (including phenoxy) is 2. The number of hydrogen-bond donors (Lipinski definition) is 1. The first-order valence-corrected chi connectivity index (χ1v) is 9.73. The summed E-state index contributed by atoms with van der Waals surface area (Å²) >= 11 is 1.20. The lowest BCUT2D eigenvalue weighted by molar-refractivity contribution is -0.118. The molecule has 3 rings (SSSR count). The van der Waals surface area contributed by atoms with E-state index in [-0.39, 0.29) is 24.6 Å². The molecular formula is C21H19NO6S.